The zero-order chi connectivity index (χ0) is 11.9. The van der Waals surface area contributed by atoms with Crippen molar-refractivity contribution in [1.82, 2.24) is 0 Å². The lowest BCUT2D eigenvalue weighted by atomic mass is 9.73. The number of ether oxygens (including phenoxy) is 1. The van der Waals surface area contributed by atoms with Gasteiger partial charge in [0, 0.05) is 13.0 Å². The van der Waals surface area contributed by atoms with Crippen molar-refractivity contribution in [2.24, 2.45) is 0 Å². The summed E-state index contributed by atoms with van der Waals surface area (Å²) in [7, 11) is 0. The fourth-order valence-electron chi connectivity index (χ4n) is 2.98. The van der Waals surface area contributed by atoms with Gasteiger partial charge in [-0.2, -0.15) is 0 Å². The van der Waals surface area contributed by atoms with Gasteiger partial charge in [0.1, 0.15) is 5.60 Å². The maximum absolute atomic E-state index is 12.3. The first-order valence-electron chi connectivity index (χ1n) is 6.44. The topological polar surface area (TPSA) is 26.3 Å². The average molecular weight is 230 g/mol. The summed E-state index contributed by atoms with van der Waals surface area (Å²) >= 11 is 0. The minimum absolute atomic E-state index is 0.287. The first-order valence-corrected chi connectivity index (χ1v) is 6.44. The third-order valence-corrected chi connectivity index (χ3v) is 4.20. The molecule has 1 saturated heterocycles. The largest absolute Gasteiger partial charge is 0.368 e. The van der Waals surface area contributed by atoms with Crippen molar-refractivity contribution < 1.29 is 9.53 Å². The van der Waals surface area contributed by atoms with E-state index < -0.39 is 5.60 Å². The van der Waals surface area contributed by atoms with Crippen LogP contribution in [0.15, 0.2) is 24.3 Å². The lowest BCUT2D eigenvalue weighted by Gasteiger charge is -2.32. The molecule has 0 N–H and O–H groups in total. The Morgan fingerprint density at radius 1 is 1.47 bits per heavy atom. The van der Waals surface area contributed by atoms with Crippen LogP contribution in [0.5, 0.6) is 0 Å². The van der Waals surface area contributed by atoms with Crippen LogP contribution in [0.2, 0.25) is 0 Å². The summed E-state index contributed by atoms with van der Waals surface area (Å²) in [5, 5.41) is 0. The summed E-state index contributed by atoms with van der Waals surface area (Å²) in [6.45, 7) is 2.69. The van der Waals surface area contributed by atoms with Gasteiger partial charge in [-0.05, 0) is 43.2 Å². The van der Waals surface area contributed by atoms with Crippen LogP contribution in [0.25, 0.3) is 0 Å². The molecule has 1 aliphatic carbocycles. The van der Waals surface area contributed by atoms with E-state index in [0.29, 0.717) is 12.3 Å². The number of carbonyl (C=O) groups excluding carboxylic acids is 1. The summed E-state index contributed by atoms with van der Waals surface area (Å²) in [5.41, 5.74) is 2.27. The van der Waals surface area contributed by atoms with Crippen molar-refractivity contribution in [2.75, 3.05) is 6.61 Å². The lowest BCUT2D eigenvalue weighted by molar-refractivity contribution is -0.137. The van der Waals surface area contributed by atoms with Gasteiger partial charge >= 0.3 is 0 Å². The molecule has 2 nitrogen and oxygen atoms in total. The maximum atomic E-state index is 12.3. The molecule has 90 valence electrons. The Morgan fingerprint density at radius 2 is 2.29 bits per heavy atom. The Bertz CT molecular complexity index is 444. The molecule has 2 atom stereocenters. The Hall–Kier alpha value is -1.15. The van der Waals surface area contributed by atoms with Gasteiger partial charge in [0.15, 0.2) is 5.78 Å². The van der Waals surface area contributed by atoms with Gasteiger partial charge in [0.25, 0.3) is 0 Å². The molecule has 0 saturated carbocycles. The van der Waals surface area contributed by atoms with Crippen LogP contribution in [0, 0.1) is 0 Å². The third kappa shape index (κ3) is 1.81. The van der Waals surface area contributed by atoms with Crippen molar-refractivity contribution in [3.05, 3.63) is 35.4 Å². The van der Waals surface area contributed by atoms with Crippen molar-refractivity contribution in [2.45, 2.75) is 44.1 Å². The highest BCUT2D eigenvalue weighted by atomic mass is 16.5. The number of carbonyl (C=O) groups is 1. The minimum atomic E-state index is -0.496. The molecule has 0 amide bonds. The molecule has 1 aliphatic heterocycles. The predicted octanol–water partition coefficient (Wildman–Crippen LogP) is 2.85. The molecular weight excluding hydrogens is 212 g/mol. The van der Waals surface area contributed by atoms with Crippen LogP contribution in [-0.4, -0.2) is 18.0 Å². The highest BCUT2D eigenvalue weighted by molar-refractivity contribution is 5.88. The number of benzene rings is 1. The van der Waals surface area contributed by atoms with Crippen LogP contribution < -0.4 is 0 Å². The molecule has 2 aliphatic rings. The van der Waals surface area contributed by atoms with Crippen LogP contribution in [0.4, 0.5) is 0 Å². The Morgan fingerprint density at radius 3 is 3.00 bits per heavy atom. The first kappa shape index (κ1) is 11.0. The number of hydrogen-bond acceptors (Lipinski definition) is 2. The summed E-state index contributed by atoms with van der Waals surface area (Å²) in [6, 6.07) is 8.43. The standard InChI is InChI=1S/C15H18O2/c1-15(7-4-8-17-15)14(16)10-12-9-11-5-2-3-6-13(11)12/h2-3,5-6,12H,4,7-10H2,1H3. The molecule has 1 aromatic rings. The summed E-state index contributed by atoms with van der Waals surface area (Å²) in [4.78, 5) is 12.3. The number of Topliss-reactive ketones (excluding diaryl/α,β-unsaturated/α-hetero) is 1. The lowest BCUT2D eigenvalue weighted by Crippen LogP contribution is -2.36. The van der Waals surface area contributed by atoms with Gasteiger partial charge < -0.3 is 4.74 Å². The summed E-state index contributed by atoms with van der Waals surface area (Å²) in [5.74, 6) is 0.717. The Balaban J connectivity index is 1.68. The molecular formula is C15H18O2. The molecule has 0 aromatic heterocycles. The van der Waals surface area contributed by atoms with E-state index in [1.54, 1.807) is 0 Å². The average Bonchev–Trinajstić information content (AvgIpc) is 2.74. The molecule has 0 bridgehead atoms. The van der Waals surface area contributed by atoms with Gasteiger partial charge in [-0.15, -0.1) is 0 Å². The van der Waals surface area contributed by atoms with E-state index in [1.807, 2.05) is 6.92 Å². The van der Waals surface area contributed by atoms with E-state index in [1.165, 1.54) is 11.1 Å². The SMILES string of the molecule is CC1(C(=O)CC2Cc3ccccc32)CCCO1. The second-order valence-electron chi connectivity index (χ2n) is 5.41. The molecule has 1 fully saturated rings. The van der Waals surface area contributed by atoms with Crippen LogP contribution in [0.3, 0.4) is 0 Å². The van der Waals surface area contributed by atoms with Gasteiger partial charge in [-0.1, -0.05) is 24.3 Å². The van der Waals surface area contributed by atoms with E-state index in [-0.39, 0.29) is 5.78 Å². The normalized spacial score (nSPS) is 30.8. The molecule has 1 heterocycles. The monoisotopic (exact) mass is 230 g/mol. The van der Waals surface area contributed by atoms with Crippen molar-refractivity contribution >= 4 is 5.78 Å². The van der Waals surface area contributed by atoms with E-state index in [0.717, 1.165) is 25.9 Å². The zero-order valence-corrected chi connectivity index (χ0v) is 10.2. The van der Waals surface area contributed by atoms with Crippen LogP contribution in [0.1, 0.15) is 43.2 Å². The van der Waals surface area contributed by atoms with Gasteiger partial charge in [-0.25, -0.2) is 0 Å². The smallest absolute Gasteiger partial charge is 0.164 e. The van der Waals surface area contributed by atoms with Gasteiger partial charge in [0.2, 0.25) is 0 Å². The van der Waals surface area contributed by atoms with Gasteiger partial charge in [-0.3, -0.25) is 4.79 Å². The fourth-order valence-corrected chi connectivity index (χ4v) is 2.98. The fraction of sp³-hybridized carbons (Fsp3) is 0.533. The van der Waals surface area contributed by atoms with Crippen molar-refractivity contribution in [3.8, 4) is 0 Å². The van der Waals surface area contributed by atoms with Crippen LogP contribution in [-0.2, 0) is 16.0 Å². The van der Waals surface area contributed by atoms with Crippen molar-refractivity contribution in [3.63, 3.8) is 0 Å². The van der Waals surface area contributed by atoms with Crippen molar-refractivity contribution in [1.29, 1.82) is 0 Å². The number of ketones is 1. The number of hydrogen-bond donors (Lipinski definition) is 0. The number of rotatable bonds is 3. The Kier molecular flexibility index (Phi) is 2.55. The Labute approximate surface area is 102 Å². The zero-order valence-electron chi connectivity index (χ0n) is 10.2. The first-order chi connectivity index (χ1) is 8.19. The quantitative estimate of drug-likeness (QED) is 0.798. The molecule has 2 unspecified atom stereocenters. The predicted molar refractivity (Wildman–Crippen MR) is 66.1 cm³/mol. The second-order valence-corrected chi connectivity index (χ2v) is 5.41. The summed E-state index contributed by atoms with van der Waals surface area (Å²) in [6.07, 6.45) is 3.61. The molecule has 0 spiro atoms. The molecule has 3 rings (SSSR count). The maximum Gasteiger partial charge on any atom is 0.164 e. The summed E-state index contributed by atoms with van der Waals surface area (Å²) < 4.78 is 5.61. The molecule has 2 heteroatoms. The molecule has 17 heavy (non-hydrogen) atoms. The van der Waals surface area contributed by atoms with E-state index in [4.69, 9.17) is 4.74 Å². The van der Waals surface area contributed by atoms with E-state index >= 15 is 0 Å². The van der Waals surface area contributed by atoms with Crippen LogP contribution >= 0.6 is 0 Å². The second kappa shape index (κ2) is 3.95. The van der Waals surface area contributed by atoms with E-state index in [2.05, 4.69) is 24.3 Å². The van der Waals surface area contributed by atoms with Gasteiger partial charge in [0.05, 0.1) is 0 Å². The highest BCUT2D eigenvalue weighted by Gasteiger charge is 2.39. The third-order valence-electron chi connectivity index (χ3n) is 4.20. The molecule has 0 radical (unpaired) electrons. The molecule has 1 aromatic carbocycles. The highest BCUT2D eigenvalue weighted by Crippen LogP contribution is 2.39. The number of fused-ring (bicyclic) bond motifs is 1. The van der Waals surface area contributed by atoms with E-state index in [9.17, 15) is 4.79 Å². The minimum Gasteiger partial charge on any atom is -0.368 e.